The second-order valence-electron chi connectivity index (χ2n) is 6.35. The van der Waals surface area contributed by atoms with Crippen molar-refractivity contribution >= 4 is 29.6 Å². The summed E-state index contributed by atoms with van der Waals surface area (Å²) in [6.45, 7) is -0.181. The molecule has 2 aromatic carbocycles. The Morgan fingerprint density at radius 3 is 2.10 bits per heavy atom. The van der Waals surface area contributed by atoms with E-state index in [4.69, 9.17) is 4.74 Å². The third-order valence-electron chi connectivity index (χ3n) is 4.03. The molecule has 3 aromatic rings. The number of halogens is 4. The van der Waals surface area contributed by atoms with E-state index in [9.17, 15) is 27.7 Å². The Kier molecular flexibility index (Phi) is 6.59. The minimum Gasteiger partial charge on any atom is -0.459 e. The van der Waals surface area contributed by atoms with Gasteiger partial charge in [-0.25, -0.2) is 14.6 Å². The Labute approximate surface area is 182 Å². The van der Waals surface area contributed by atoms with Gasteiger partial charge in [-0.15, -0.1) is 0 Å². The Balaban J connectivity index is 1.91. The van der Waals surface area contributed by atoms with Crippen LogP contribution in [0.1, 0.15) is 11.3 Å². The van der Waals surface area contributed by atoms with Gasteiger partial charge in [-0.05, 0) is 35.9 Å². The normalized spacial score (nSPS) is 12.2. The molecule has 0 bridgehead atoms. The smallest absolute Gasteiger partial charge is 0.433 e. The van der Waals surface area contributed by atoms with Crippen molar-refractivity contribution in [1.82, 2.24) is 9.97 Å². The fourth-order valence-electron chi connectivity index (χ4n) is 2.49. The van der Waals surface area contributed by atoms with Crippen LogP contribution in [0.3, 0.4) is 0 Å². The van der Waals surface area contributed by atoms with Crippen LogP contribution in [-0.2, 0) is 28.8 Å². The number of aromatic nitrogens is 2. The molecule has 12 heteroatoms. The highest BCUT2D eigenvalue weighted by Gasteiger charge is 2.34. The molecule has 0 amide bonds. The van der Waals surface area contributed by atoms with E-state index in [-0.39, 0.29) is 26.3 Å². The Morgan fingerprint density at radius 1 is 0.968 bits per heavy atom. The lowest BCUT2D eigenvalue weighted by Crippen LogP contribution is -2.11. The van der Waals surface area contributed by atoms with Gasteiger partial charge >= 0.3 is 32.0 Å². The van der Waals surface area contributed by atoms with Gasteiger partial charge in [0.1, 0.15) is 6.61 Å². The summed E-state index contributed by atoms with van der Waals surface area (Å²) in [7, 11) is -3.46. The van der Waals surface area contributed by atoms with Crippen LogP contribution >= 0.6 is 19.8 Å². The zero-order valence-corrected chi connectivity index (χ0v) is 18.7. The first kappa shape index (κ1) is 23.1. The number of nitrogens with zero attached hydrogens (tertiary/aromatic N) is 2. The Morgan fingerprint density at radius 2 is 1.58 bits per heavy atom. The van der Waals surface area contributed by atoms with Crippen LogP contribution in [0.2, 0.25) is 0 Å². The number of ether oxygens (including phenoxy) is 1. The van der Waals surface area contributed by atoms with E-state index in [1.807, 2.05) is 0 Å². The summed E-state index contributed by atoms with van der Waals surface area (Å²) in [5, 5.41) is 0. The molecule has 7 nitrogen and oxygen atoms in total. The van der Waals surface area contributed by atoms with Crippen LogP contribution in [0.15, 0.2) is 59.5 Å². The lowest BCUT2D eigenvalue weighted by Gasteiger charge is -2.12. The number of sulfone groups is 1. The molecule has 1 heterocycles. The average molecular weight is 566 g/mol. The van der Waals surface area contributed by atoms with E-state index in [0.717, 1.165) is 12.3 Å². The maximum atomic E-state index is 13.3. The molecule has 0 spiro atoms. The topological polar surface area (TPSA) is 103 Å². The first-order valence-corrected chi connectivity index (χ1v) is 13.2. The van der Waals surface area contributed by atoms with Crippen LogP contribution in [0.5, 0.6) is 6.01 Å². The largest absolute Gasteiger partial charge is 0.459 e. The van der Waals surface area contributed by atoms with E-state index in [0.29, 0.717) is 5.56 Å². The highest BCUT2D eigenvalue weighted by atomic mass is 127. The highest BCUT2D eigenvalue weighted by Crippen LogP contribution is 2.32. The molecule has 0 aliphatic rings. The molecule has 0 aliphatic heterocycles. The van der Waals surface area contributed by atoms with Gasteiger partial charge in [-0.3, -0.25) is 0 Å². The molecule has 0 fully saturated rings. The molecule has 0 unspecified atom stereocenters. The third kappa shape index (κ3) is 5.97. The van der Waals surface area contributed by atoms with Crippen molar-refractivity contribution in [3.63, 3.8) is 0 Å². The number of hydrogen-bond donors (Lipinski definition) is 0. The first-order chi connectivity index (χ1) is 14.4. The van der Waals surface area contributed by atoms with Crippen LogP contribution in [-0.4, -0.2) is 24.6 Å². The first-order valence-electron chi connectivity index (χ1n) is 8.47. The minimum absolute atomic E-state index is 0.0168. The second kappa shape index (κ2) is 8.86. The van der Waals surface area contributed by atoms with Crippen molar-refractivity contribution < 1.29 is 32.5 Å². The average Bonchev–Trinajstić information content (AvgIpc) is 2.71. The predicted molar refractivity (Wildman–Crippen MR) is 110 cm³/mol. The predicted octanol–water partition coefficient (Wildman–Crippen LogP) is 4.51. The van der Waals surface area contributed by atoms with E-state index in [2.05, 4.69) is 9.97 Å². The van der Waals surface area contributed by atoms with Crippen molar-refractivity contribution in [1.29, 1.82) is 0 Å². The van der Waals surface area contributed by atoms with Crippen molar-refractivity contribution in [2.75, 3.05) is 6.26 Å². The van der Waals surface area contributed by atoms with Gasteiger partial charge in [-0.1, -0.05) is 24.3 Å². The van der Waals surface area contributed by atoms with E-state index in [1.165, 1.54) is 48.5 Å². The van der Waals surface area contributed by atoms with Crippen LogP contribution < -0.4 is 4.74 Å². The van der Waals surface area contributed by atoms with Gasteiger partial charge in [0.25, 0.3) is 0 Å². The van der Waals surface area contributed by atoms with Crippen molar-refractivity contribution in [2.45, 2.75) is 17.7 Å². The van der Waals surface area contributed by atoms with Crippen molar-refractivity contribution in [3.8, 4) is 17.3 Å². The zero-order valence-electron chi connectivity index (χ0n) is 15.8. The van der Waals surface area contributed by atoms with Gasteiger partial charge in [0.2, 0.25) is 0 Å². The number of hydrogen-bond acceptors (Lipinski definition) is 7. The molecule has 0 aliphatic carbocycles. The molecule has 3 rings (SSSR count). The van der Waals surface area contributed by atoms with Crippen LogP contribution in [0.25, 0.3) is 11.3 Å². The van der Waals surface area contributed by atoms with Crippen molar-refractivity contribution in [3.05, 3.63) is 69.4 Å². The quantitative estimate of drug-likeness (QED) is 0.405. The molecule has 0 radical (unpaired) electrons. The lowest BCUT2D eigenvalue weighted by atomic mass is 10.1. The molecule has 0 atom stereocenters. The SMILES string of the molecule is CS(=O)(=O)c1ccc(-c2cc(C(F)(F)F)nc(OCc3ccc(I(=O)=O)cc3)n2)cc1. The summed E-state index contributed by atoms with van der Waals surface area (Å²) >= 11 is -3.61. The number of benzene rings is 2. The van der Waals surface area contributed by atoms with Crippen LogP contribution in [0.4, 0.5) is 13.2 Å². The van der Waals surface area contributed by atoms with Gasteiger partial charge in [-0.2, -0.15) is 23.1 Å². The molecule has 164 valence electrons. The number of rotatable bonds is 6. The highest BCUT2D eigenvalue weighted by molar-refractivity contribution is 14.2. The molecule has 31 heavy (non-hydrogen) atoms. The van der Waals surface area contributed by atoms with Crippen molar-refractivity contribution in [2.24, 2.45) is 0 Å². The Hall–Kier alpha value is -2.61. The molecule has 1 aromatic heterocycles. The third-order valence-corrected chi connectivity index (χ3v) is 6.90. The molecular weight excluding hydrogens is 552 g/mol. The number of alkyl halides is 3. The molecular formula is C19H14F3IN2O5S. The second-order valence-corrected chi connectivity index (χ2v) is 10.8. The fourth-order valence-corrected chi connectivity index (χ4v) is 4.06. The minimum atomic E-state index is -4.76. The lowest BCUT2D eigenvalue weighted by molar-refractivity contribution is -0.141. The standard InChI is InChI=1S/C19H14F3IN2O5S/c1-31(28,29)15-8-4-13(5-9-15)16-10-17(19(20,21)22)25-18(24-16)30-11-12-2-6-14(7-3-12)23(26)27/h2-10H,11H2,1H3. The van der Waals surface area contributed by atoms with E-state index < -0.39 is 47.5 Å². The summed E-state index contributed by atoms with van der Waals surface area (Å²) in [5.41, 5.74) is -0.555. The van der Waals surface area contributed by atoms with E-state index in [1.54, 1.807) is 0 Å². The summed E-state index contributed by atoms with van der Waals surface area (Å²) in [5.74, 6) is 0. The van der Waals surface area contributed by atoms with E-state index >= 15 is 0 Å². The maximum Gasteiger partial charge on any atom is 0.433 e. The fraction of sp³-hybridized carbons (Fsp3) is 0.158. The van der Waals surface area contributed by atoms with Gasteiger partial charge in [0.05, 0.1) is 14.2 Å². The molecule has 0 N–H and O–H groups in total. The molecule has 0 saturated carbocycles. The van der Waals surface area contributed by atoms with Gasteiger partial charge < -0.3 is 4.74 Å². The monoisotopic (exact) mass is 566 g/mol. The summed E-state index contributed by atoms with van der Waals surface area (Å²) in [6.07, 6.45) is -3.74. The zero-order chi connectivity index (χ0) is 22.8. The maximum absolute atomic E-state index is 13.3. The Bertz CT molecular complexity index is 1270. The summed E-state index contributed by atoms with van der Waals surface area (Å²) in [6, 6.07) is 11.2. The van der Waals surface area contributed by atoms with Crippen LogP contribution in [0, 0.1) is 3.57 Å². The van der Waals surface area contributed by atoms with Gasteiger partial charge in [0, 0.05) is 11.8 Å². The molecule has 0 saturated heterocycles. The summed E-state index contributed by atoms with van der Waals surface area (Å²) in [4.78, 5) is 7.41. The van der Waals surface area contributed by atoms with Gasteiger partial charge in [0.15, 0.2) is 15.5 Å². The summed E-state index contributed by atoms with van der Waals surface area (Å²) < 4.78 is 90.5.